The number of pyridine rings is 1. The van der Waals surface area contributed by atoms with Crippen LogP contribution in [0.3, 0.4) is 0 Å². The van der Waals surface area contributed by atoms with Crippen molar-refractivity contribution in [3.63, 3.8) is 0 Å². The number of likely N-dealkylation sites (tertiary alicyclic amines) is 1. The Balaban J connectivity index is 1.48. The number of amides is 1. The molecule has 1 unspecified atom stereocenters. The predicted octanol–water partition coefficient (Wildman–Crippen LogP) is 2.88. The Morgan fingerprint density at radius 3 is 2.93 bits per heavy atom. The van der Waals surface area contributed by atoms with Crippen LogP contribution in [0.25, 0.3) is 0 Å². The van der Waals surface area contributed by atoms with Gasteiger partial charge in [-0.3, -0.25) is 4.79 Å². The number of rotatable bonds is 5. The van der Waals surface area contributed by atoms with Gasteiger partial charge in [0.15, 0.2) is 5.69 Å². The first-order valence-electron chi connectivity index (χ1n) is 10.3. The van der Waals surface area contributed by atoms with E-state index in [9.17, 15) is 9.59 Å². The van der Waals surface area contributed by atoms with Gasteiger partial charge in [0.25, 0.3) is 0 Å². The lowest BCUT2D eigenvalue weighted by atomic mass is 9.73. The molecule has 1 aliphatic carbocycles. The Kier molecular flexibility index (Phi) is 5.06. The first-order valence-corrected chi connectivity index (χ1v) is 10.3. The summed E-state index contributed by atoms with van der Waals surface area (Å²) < 4.78 is 5.08. The number of anilines is 1. The molecule has 6 nitrogen and oxygen atoms in total. The lowest BCUT2D eigenvalue weighted by Crippen LogP contribution is -2.54. The molecule has 1 aromatic rings. The molecule has 2 aliphatic heterocycles. The number of piperidine rings is 2. The van der Waals surface area contributed by atoms with Gasteiger partial charge >= 0.3 is 5.97 Å². The second-order valence-corrected chi connectivity index (χ2v) is 8.34. The maximum atomic E-state index is 12.4. The molecule has 27 heavy (non-hydrogen) atoms. The van der Waals surface area contributed by atoms with E-state index in [0.29, 0.717) is 24.6 Å². The van der Waals surface area contributed by atoms with Gasteiger partial charge in [-0.2, -0.15) is 0 Å². The summed E-state index contributed by atoms with van der Waals surface area (Å²) in [6.45, 7) is 5.81. The van der Waals surface area contributed by atoms with Crippen molar-refractivity contribution in [1.29, 1.82) is 0 Å². The Labute approximate surface area is 160 Å². The van der Waals surface area contributed by atoms with Gasteiger partial charge in [0.05, 0.1) is 6.61 Å². The van der Waals surface area contributed by atoms with E-state index in [1.165, 1.54) is 12.8 Å². The molecular weight excluding hydrogens is 342 g/mol. The number of carbonyl (C=O) groups is 2. The van der Waals surface area contributed by atoms with Gasteiger partial charge in [-0.05, 0) is 57.1 Å². The zero-order valence-electron chi connectivity index (χ0n) is 16.2. The second kappa shape index (κ2) is 7.49. The van der Waals surface area contributed by atoms with Crippen LogP contribution in [0.15, 0.2) is 18.2 Å². The average Bonchev–Trinajstić information content (AvgIpc) is 3.49. The van der Waals surface area contributed by atoms with Crippen molar-refractivity contribution in [2.45, 2.75) is 45.4 Å². The van der Waals surface area contributed by atoms with Gasteiger partial charge < -0.3 is 14.5 Å². The molecule has 0 bridgehead atoms. The van der Waals surface area contributed by atoms with E-state index in [1.54, 1.807) is 13.0 Å². The summed E-state index contributed by atoms with van der Waals surface area (Å²) in [5.41, 5.74) is 0.519. The number of nitrogens with zero attached hydrogens (tertiary/aromatic N) is 3. The van der Waals surface area contributed by atoms with Crippen LogP contribution < -0.4 is 4.90 Å². The zero-order chi connectivity index (χ0) is 18.9. The Morgan fingerprint density at radius 1 is 1.30 bits per heavy atom. The highest BCUT2D eigenvalue weighted by Crippen LogP contribution is 2.41. The molecule has 4 rings (SSSR count). The summed E-state index contributed by atoms with van der Waals surface area (Å²) in [6.07, 6.45) is 6.42. The van der Waals surface area contributed by atoms with Crippen molar-refractivity contribution < 1.29 is 14.3 Å². The molecule has 3 aliphatic rings. The number of aromatic nitrogens is 1. The van der Waals surface area contributed by atoms with Gasteiger partial charge in [-0.15, -0.1) is 0 Å². The van der Waals surface area contributed by atoms with Crippen LogP contribution in [0.1, 0.15) is 55.9 Å². The summed E-state index contributed by atoms with van der Waals surface area (Å²) in [5, 5.41) is 0. The lowest BCUT2D eigenvalue weighted by Gasteiger charge is -2.48. The lowest BCUT2D eigenvalue weighted by molar-refractivity contribution is -0.138. The molecule has 1 atom stereocenters. The number of hydrogen-bond acceptors (Lipinski definition) is 5. The van der Waals surface area contributed by atoms with E-state index < -0.39 is 0 Å². The Morgan fingerprint density at radius 2 is 2.15 bits per heavy atom. The first kappa shape index (κ1) is 18.3. The van der Waals surface area contributed by atoms with Gasteiger partial charge in [0.2, 0.25) is 5.91 Å². The maximum Gasteiger partial charge on any atom is 0.356 e. The maximum absolute atomic E-state index is 12.4. The smallest absolute Gasteiger partial charge is 0.356 e. The number of carbonyl (C=O) groups excluding carboxylic acids is 2. The highest BCUT2D eigenvalue weighted by molar-refractivity contribution is 5.87. The van der Waals surface area contributed by atoms with Crippen LogP contribution in [0.2, 0.25) is 0 Å². The van der Waals surface area contributed by atoms with Crippen LogP contribution in [-0.4, -0.2) is 54.5 Å². The van der Waals surface area contributed by atoms with Crippen LogP contribution >= 0.6 is 0 Å². The van der Waals surface area contributed by atoms with Crippen molar-refractivity contribution in [2.24, 2.45) is 11.3 Å². The minimum Gasteiger partial charge on any atom is -0.461 e. The summed E-state index contributed by atoms with van der Waals surface area (Å²) in [4.78, 5) is 33.3. The molecule has 6 heteroatoms. The van der Waals surface area contributed by atoms with E-state index in [-0.39, 0.29) is 11.4 Å². The zero-order valence-corrected chi connectivity index (χ0v) is 16.2. The predicted molar refractivity (Wildman–Crippen MR) is 103 cm³/mol. The molecule has 1 aromatic heterocycles. The fourth-order valence-electron chi connectivity index (χ4n) is 4.54. The van der Waals surface area contributed by atoms with Gasteiger partial charge in [-0.25, -0.2) is 9.78 Å². The average molecular weight is 371 g/mol. The summed E-state index contributed by atoms with van der Waals surface area (Å²) in [7, 11) is 0. The fraction of sp³-hybridized carbons (Fsp3) is 0.667. The highest BCUT2D eigenvalue weighted by Gasteiger charge is 2.43. The Hall–Kier alpha value is -2.11. The molecule has 3 fully saturated rings. The van der Waals surface area contributed by atoms with Crippen molar-refractivity contribution in [1.82, 2.24) is 9.88 Å². The molecule has 1 amide bonds. The fourth-order valence-corrected chi connectivity index (χ4v) is 4.54. The number of esters is 1. The molecule has 2 saturated heterocycles. The minimum atomic E-state index is -0.370. The van der Waals surface area contributed by atoms with Crippen molar-refractivity contribution in [3.8, 4) is 0 Å². The van der Waals surface area contributed by atoms with Gasteiger partial charge in [0.1, 0.15) is 5.82 Å². The monoisotopic (exact) mass is 371 g/mol. The molecule has 0 radical (unpaired) electrons. The molecule has 146 valence electrons. The van der Waals surface area contributed by atoms with E-state index in [1.807, 2.05) is 12.1 Å². The van der Waals surface area contributed by atoms with E-state index in [4.69, 9.17) is 4.74 Å². The highest BCUT2D eigenvalue weighted by atomic mass is 16.5. The molecular formula is C21H29N3O3. The quantitative estimate of drug-likeness (QED) is 0.745. The standard InChI is InChI=1S/C21H29N3O3/c1-2-27-20(26)17-5-3-6-18(22-17)23-12-4-10-21(14-23)11-9-19(25)24(15-21)13-16-7-8-16/h3,5-6,16H,2,4,7-15H2,1H3. The van der Waals surface area contributed by atoms with Crippen molar-refractivity contribution in [2.75, 3.05) is 37.7 Å². The third kappa shape index (κ3) is 4.09. The summed E-state index contributed by atoms with van der Waals surface area (Å²) in [5.74, 6) is 1.52. The Bertz CT molecular complexity index is 718. The largest absolute Gasteiger partial charge is 0.461 e. The van der Waals surface area contributed by atoms with Crippen LogP contribution in [0, 0.1) is 11.3 Å². The first-order chi connectivity index (χ1) is 13.1. The second-order valence-electron chi connectivity index (χ2n) is 8.34. The molecule has 0 aromatic carbocycles. The minimum absolute atomic E-state index is 0.155. The van der Waals surface area contributed by atoms with E-state index >= 15 is 0 Å². The SMILES string of the molecule is CCOC(=O)c1cccc(N2CCCC3(CCC(=O)N(CC4CC4)C3)C2)n1. The molecule has 0 N–H and O–H groups in total. The third-order valence-electron chi connectivity index (χ3n) is 6.13. The summed E-state index contributed by atoms with van der Waals surface area (Å²) >= 11 is 0. The summed E-state index contributed by atoms with van der Waals surface area (Å²) in [6, 6.07) is 5.55. The molecule has 1 spiro atoms. The van der Waals surface area contributed by atoms with Crippen molar-refractivity contribution in [3.05, 3.63) is 23.9 Å². The number of hydrogen-bond donors (Lipinski definition) is 0. The van der Waals surface area contributed by atoms with Crippen molar-refractivity contribution >= 4 is 17.7 Å². The van der Waals surface area contributed by atoms with Crippen LogP contribution in [0.4, 0.5) is 5.82 Å². The normalized spacial score (nSPS) is 25.7. The van der Waals surface area contributed by atoms with Gasteiger partial charge in [0, 0.05) is 38.0 Å². The topological polar surface area (TPSA) is 62.7 Å². The van der Waals surface area contributed by atoms with E-state index in [0.717, 1.165) is 57.2 Å². The van der Waals surface area contributed by atoms with Crippen LogP contribution in [-0.2, 0) is 9.53 Å². The van der Waals surface area contributed by atoms with Crippen LogP contribution in [0.5, 0.6) is 0 Å². The number of ether oxygens (including phenoxy) is 1. The molecule has 3 heterocycles. The molecule has 1 saturated carbocycles. The third-order valence-corrected chi connectivity index (χ3v) is 6.13. The van der Waals surface area contributed by atoms with E-state index in [2.05, 4.69) is 14.8 Å². The van der Waals surface area contributed by atoms with Gasteiger partial charge in [-0.1, -0.05) is 6.07 Å².